The second-order valence-corrected chi connectivity index (χ2v) is 7.22. The third kappa shape index (κ3) is 6.37. The van der Waals surface area contributed by atoms with E-state index in [1.165, 1.54) is 19.3 Å². The van der Waals surface area contributed by atoms with Crippen LogP contribution in [0.25, 0.3) is 0 Å². The number of nitrogens with zero attached hydrogens (tertiary/aromatic N) is 1. The normalized spacial score (nSPS) is 14.3. The summed E-state index contributed by atoms with van der Waals surface area (Å²) in [5.41, 5.74) is 2.68. The fourth-order valence-electron chi connectivity index (χ4n) is 3.55. The number of hydrogen-bond donors (Lipinski definition) is 3. The number of anilines is 1. The summed E-state index contributed by atoms with van der Waals surface area (Å²) in [7, 11) is 0. The summed E-state index contributed by atoms with van der Waals surface area (Å²) in [6.07, 6.45) is 10.1. The van der Waals surface area contributed by atoms with E-state index in [4.69, 9.17) is 0 Å². The minimum atomic E-state index is -0.107. The molecule has 1 fully saturated rings. The van der Waals surface area contributed by atoms with Crippen LogP contribution in [0.3, 0.4) is 0 Å². The van der Waals surface area contributed by atoms with Crippen LogP contribution in [0.1, 0.15) is 43.2 Å². The van der Waals surface area contributed by atoms with E-state index in [0.29, 0.717) is 19.0 Å². The van der Waals surface area contributed by atoms with Crippen molar-refractivity contribution in [3.63, 3.8) is 0 Å². The molecule has 0 spiro atoms. The number of urea groups is 1. The van der Waals surface area contributed by atoms with Crippen LogP contribution >= 0.6 is 0 Å². The molecular formula is C22H28N4O2. The lowest BCUT2D eigenvalue weighted by atomic mass is 9.96. The van der Waals surface area contributed by atoms with Crippen LogP contribution in [0, 0.1) is 0 Å². The number of aromatic nitrogens is 1. The zero-order valence-corrected chi connectivity index (χ0v) is 16.1. The molecule has 148 valence electrons. The Hall–Kier alpha value is -2.89. The van der Waals surface area contributed by atoms with Gasteiger partial charge in [-0.3, -0.25) is 9.78 Å². The molecule has 1 heterocycles. The lowest BCUT2D eigenvalue weighted by Gasteiger charge is -2.22. The Kier molecular flexibility index (Phi) is 7.41. The van der Waals surface area contributed by atoms with Gasteiger partial charge in [0.15, 0.2) is 0 Å². The lowest BCUT2D eigenvalue weighted by molar-refractivity contribution is -0.115. The largest absolute Gasteiger partial charge is 0.338 e. The third-order valence-corrected chi connectivity index (χ3v) is 5.03. The minimum absolute atomic E-state index is 0.0801. The van der Waals surface area contributed by atoms with Gasteiger partial charge in [-0.1, -0.05) is 37.5 Å². The molecule has 3 N–H and O–H groups in total. The lowest BCUT2D eigenvalue weighted by Crippen LogP contribution is -2.43. The van der Waals surface area contributed by atoms with Crippen LogP contribution < -0.4 is 16.0 Å². The van der Waals surface area contributed by atoms with Gasteiger partial charge in [-0.2, -0.15) is 0 Å². The topological polar surface area (TPSA) is 83.1 Å². The van der Waals surface area contributed by atoms with Crippen molar-refractivity contribution in [1.82, 2.24) is 15.6 Å². The van der Waals surface area contributed by atoms with Gasteiger partial charge in [-0.25, -0.2) is 4.79 Å². The van der Waals surface area contributed by atoms with Crippen LogP contribution in [0.4, 0.5) is 10.5 Å². The number of nitrogens with one attached hydrogen (secondary N) is 3. The van der Waals surface area contributed by atoms with E-state index in [9.17, 15) is 9.59 Å². The molecule has 1 saturated carbocycles. The smallest absolute Gasteiger partial charge is 0.315 e. The zero-order valence-electron chi connectivity index (χ0n) is 16.1. The van der Waals surface area contributed by atoms with Gasteiger partial charge < -0.3 is 16.0 Å². The molecule has 0 atom stereocenters. The molecule has 1 aromatic heterocycles. The average molecular weight is 380 g/mol. The number of benzene rings is 1. The van der Waals surface area contributed by atoms with E-state index in [0.717, 1.165) is 29.7 Å². The summed E-state index contributed by atoms with van der Waals surface area (Å²) in [4.78, 5) is 28.5. The van der Waals surface area contributed by atoms with Crippen LogP contribution in [-0.4, -0.2) is 29.5 Å². The fourth-order valence-corrected chi connectivity index (χ4v) is 3.55. The highest BCUT2D eigenvalue weighted by molar-refractivity contribution is 5.92. The molecule has 2 aromatic rings. The average Bonchev–Trinajstić information content (AvgIpc) is 2.71. The molecule has 1 aromatic carbocycles. The number of amides is 3. The van der Waals surface area contributed by atoms with Crippen molar-refractivity contribution in [2.45, 2.75) is 51.0 Å². The number of rotatable bonds is 7. The summed E-state index contributed by atoms with van der Waals surface area (Å²) in [6.45, 7) is 0.524. The second-order valence-electron chi connectivity index (χ2n) is 7.22. The minimum Gasteiger partial charge on any atom is -0.338 e. The number of pyridine rings is 1. The molecule has 1 aliphatic carbocycles. The molecular weight excluding hydrogens is 352 g/mol. The van der Waals surface area contributed by atoms with E-state index in [-0.39, 0.29) is 18.4 Å². The number of carbonyl (C=O) groups excluding carboxylic acids is 2. The van der Waals surface area contributed by atoms with Crippen LogP contribution in [0.5, 0.6) is 0 Å². The molecule has 3 amide bonds. The highest BCUT2D eigenvalue weighted by atomic mass is 16.2. The van der Waals surface area contributed by atoms with Gasteiger partial charge in [0.2, 0.25) is 5.91 Å². The van der Waals surface area contributed by atoms with Gasteiger partial charge in [-0.15, -0.1) is 0 Å². The molecule has 6 heteroatoms. The Morgan fingerprint density at radius 1 is 1.00 bits per heavy atom. The summed E-state index contributed by atoms with van der Waals surface area (Å²) in [5.74, 6) is -0.0801. The Morgan fingerprint density at radius 3 is 2.57 bits per heavy atom. The van der Waals surface area contributed by atoms with Crippen molar-refractivity contribution in [2.75, 3.05) is 11.9 Å². The van der Waals surface area contributed by atoms with Gasteiger partial charge in [-0.05, 0) is 48.6 Å². The van der Waals surface area contributed by atoms with Gasteiger partial charge in [0.05, 0.1) is 6.42 Å². The predicted molar refractivity (Wildman–Crippen MR) is 110 cm³/mol. The SMILES string of the molecule is O=C(Cc1cnccc1CCNC(=O)NC1CCCCC1)Nc1ccccc1. The second kappa shape index (κ2) is 10.4. The maximum Gasteiger partial charge on any atom is 0.315 e. The van der Waals surface area contributed by atoms with E-state index in [2.05, 4.69) is 20.9 Å². The molecule has 28 heavy (non-hydrogen) atoms. The van der Waals surface area contributed by atoms with Crippen LogP contribution in [0.2, 0.25) is 0 Å². The molecule has 6 nitrogen and oxygen atoms in total. The fraction of sp³-hybridized carbons (Fsp3) is 0.409. The van der Waals surface area contributed by atoms with Gasteiger partial charge in [0, 0.05) is 30.7 Å². The summed E-state index contributed by atoms with van der Waals surface area (Å²) in [5, 5.41) is 8.87. The Balaban J connectivity index is 1.46. The molecule has 3 rings (SSSR count). The monoisotopic (exact) mass is 380 g/mol. The van der Waals surface area contributed by atoms with Crippen molar-refractivity contribution in [1.29, 1.82) is 0 Å². The van der Waals surface area contributed by atoms with E-state index >= 15 is 0 Å². The molecule has 0 aliphatic heterocycles. The summed E-state index contributed by atoms with van der Waals surface area (Å²) >= 11 is 0. The van der Waals surface area contributed by atoms with Gasteiger partial charge in [0.1, 0.15) is 0 Å². The number of para-hydroxylation sites is 1. The van der Waals surface area contributed by atoms with E-state index in [1.54, 1.807) is 12.4 Å². The first-order chi connectivity index (χ1) is 13.7. The Morgan fingerprint density at radius 2 is 1.79 bits per heavy atom. The third-order valence-electron chi connectivity index (χ3n) is 5.03. The molecule has 0 unspecified atom stereocenters. The first kappa shape index (κ1) is 19.9. The predicted octanol–water partition coefficient (Wildman–Crippen LogP) is 3.44. The Bertz CT molecular complexity index is 773. The number of hydrogen-bond acceptors (Lipinski definition) is 3. The molecule has 1 aliphatic rings. The van der Waals surface area contributed by atoms with Gasteiger partial charge >= 0.3 is 6.03 Å². The quantitative estimate of drug-likeness (QED) is 0.688. The molecule has 0 radical (unpaired) electrons. The van der Waals surface area contributed by atoms with Crippen molar-refractivity contribution in [2.24, 2.45) is 0 Å². The highest BCUT2D eigenvalue weighted by Gasteiger charge is 2.15. The van der Waals surface area contributed by atoms with Gasteiger partial charge in [0.25, 0.3) is 0 Å². The van der Waals surface area contributed by atoms with Crippen molar-refractivity contribution < 1.29 is 9.59 Å². The van der Waals surface area contributed by atoms with Crippen LogP contribution in [-0.2, 0) is 17.6 Å². The zero-order chi connectivity index (χ0) is 19.6. The first-order valence-corrected chi connectivity index (χ1v) is 10.0. The Labute approximate surface area is 166 Å². The summed E-state index contributed by atoms with van der Waals surface area (Å²) in [6, 6.07) is 11.5. The standard InChI is InChI=1S/C22H28N4O2/c27-21(25-19-7-3-1-4-8-19)15-18-16-23-13-11-17(18)12-14-24-22(28)26-20-9-5-2-6-10-20/h1,3-4,7-8,11,13,16,20H,2,5-6,9-10,12,14-15H2,(H,25,27)(H2,24,26,28). The van der Waals surface area contributed by atoms with E-state index < -0.39 is 0 Å². The van der Waals surface area contributed by atoms with Crippen molar-refractivity contribution in [3.8, 4) is 0 Å². The highest BCUT2D eigenvalue weighted by Crippen LogP contribution is 2.17. The van der Waals surface area contributed by atoms with Crippen LogP contribution in [0.15, 0.2) is 48.8 Å². The van der Waals surface area contributed by atoms with Crippen molar-refractivity contribution >= 4 is 17.6 Å². The first-order valence-electron chi connectivity index (χ1n) is 10.0. The maximum atomic E-state index is 12.3. The van der Waals surface area contributed by atoms with Crippen molar-refractivity contribution in [3.05, 3.63) is 59.9 Å². The van der Waals surface area contributed by atoms with E-state index in [1.807, 2.05) is 36.4 Å². The maximum absolute atomic E-state index is 12.3. The molecule has 0 bridgehead atoms. The summed E-state index contributed by atoms with van der Waals surface area (Å²) < 4.78 is 0. The molecule has 0 saturated heterocycles. The number of carbonyl (C=O) groups is 2.